The van der Waals surface area contributed by atoms with Crippen molar-refractivity contribution < 1.29 is 14.3 Å². The molecule has 0 aromatic heterocycles. The Labute approximate surface area is 148 Å². The average molecular weight is 351 g/mol. The van der Waals surface area contributed by atoms with E-state index in [1.807, 2.05) is 26.8 Å². The minimum atomic E-state index is -0.492. The molecule has 1 aromatic carbocycles. The third kappa shape index (κ3) is 5.33. The fourth-order valence-corrected chi connectivity index (χ4v) is 2.67. The standard InChI is InChI=1S/C17H25N3O3S/c1-17(2,3)23-16(22)20-9-7-13(8-10-20)18-15(21)12-5-4-6-14(11-12)19-24/h4-6,11,13,19,24H,7-10H2,1-3H3,(H,18,21). The molecule has 2 N–H and O–H groups in total. The van der Waals surface area contributed by atoms with Crippen LogP contribution in [0.4, 0.5) is 10.5 Å². The van der Waals surface area contributed by atoms with Crippen LogP contribution in [0.2, 0.25) is 0 Å². The third-order valence-corrected chi connectivity index (χ3v) is 3.99. The van der Waals surface area contributed by atoms with Gasteiger partial charge in [-0.2, -0.15) is 0 Å². The maximum Gasteiger partial charge on any atom is 0.410 e. The van der Waals surface area contributed by atoms with E-state index in [0.717, 1.165) is 18.5 Å². The normalized spacial score (nSPS) is 15.8. The predicted molar refractivity (Wildman–Crippen MR) is 97.3 cm³/mol. The van der Waals surface area contributed by atoms with Crippen molar-refractivity contribution >= 4 is 30.5 Å². The van der Waals surface area contributed by atoms with Gasteiger partial charge in [0, 0.05) is 30.4 Å². The van der Waals surface area contributed by atoms with Gasteiger partial charge in [-0.05, 0) is 51.8 Å². The highest BCUT2D eigenvalue weighted by atomic mass is 32.1. The number of ether oxygens (including phenoxy) is 1. The van der Waals surface area contributed by atoms with E-state index in [2.05, 4.69) is 22.9 Å². The summed E-state index contributed by atoms with van der Waals surface area (Å²) in [4.78, 5) is 26.0. The Balaban J connectivity index is 1.84. The molecule has 0 unspecified atom stereocenters. The van der Waals surface area contributed by atoms with Crippen LogP contribution in [0, 0.1) is 0 Å². The molecule has 1 aromatic rings. The van der Waals surface area contributed by atoms with Crippen LogP contribution in [0.3, 0.4) is 0 Å². The summed E-state index contributed by atoms with van der Waals surface area (Å²) in [5.74, 6) is -0.115. The van der Waals surface area contributed by atoms with Crippen molar-refractivity contribution in [1.82, 2.24) is 10.2 Å². The van der Waals surface area contributed by atoms with Crippen molar-refractivity contribution in [2.75, 3.05) is 17.8 Å². The molecule has 0 radical (unpaired) electrons. The van der Waals surface area contributed by atoms with E-state index in [4.69, 9.17) is 4.74 Å². The topological polar surface area (TPSA) is 70.7 Å². The number of anilines is 1. The first-order valence-corrected chi connectivity index (χ1v) is 8.52. The van der Waals surface area contributed by atoms with Crippen molar-refractivity contribution in [2.45, 2.75) is 45.3 Å². The number of likely N-dealkylation sites (tertiary alicyclic amines) is 1. The Morgan fingerprint density at radius 2 is 1.92 bits per heavy atom. The molecule has 7 heteroatoms. The summed E-state index contributed by atoms with van der Waals surface area (Å²) in [5, 5.41) is 3.02. The van der Waals surface area contributed by atoms with Crippen LogP contribution >= 0.6 is 12.8 Å². The zero-order chi connectivity index (χ0) is 17.7. The number of carbonyl (C=O) groups excluding carboxylic acids is 2. The lowest BCUT2D eigenvalue weighted by molar-refractivity contribution is 0.0199. The van der Waals surface area contributed by atoms with E-state index in [-0.39, 0.29) is 18.0 Å². The van der Waals surface area contributed by atoms with Crippen molar-refractivity contribution in [3.8, 4) is 0 Å². The fourth-order valence-electron chi connectivity index (χ4n) is 2.53. The number of nitrogens with zero attached hydrogens (tertiary/aromatic N) is 1. The van der Waals surface area contributed by atoms with Crippen LogP contribution in [-0.4, -0.2) is 41.6 Å². The second-order valence-corrected chi connectivity index (χ2v) is 7.13. The van der Waals surface area contributed by atoms with Gasteiger partial charge in [0.05, 0.1) is 0 Å². The lowest BCUT2D eigenvalue weighted by Crippen LogP contribution is -2.47. The Bertz CT molecular complexity index is 593. The van der Waals surface area contributed by atoms with Gasteiger partial charge in [-0.25, -0.2) is 4.79 Å². The van der Waals surface area contributed by atoms with Crippen LogP contribution < -0.4 is 10.0 Å². The average Bonchev–Trinajstić information content (AvgIpc) is 2.54. The lowest BCUT2D eigenvalue weighted by Gasteiger charge is -2.33. The SMILES string of the molecule is CC(C)(C)OC(=O)N1CCC(NC(=O)c2cccc(NS)c2)CC1. The number of carbonyl (C=O) groups is 2. The highest BCUT2D eigenvalue weighted by Crippen LogP contribution is 2.17. The van der Waals surface area contributed by atoms with E-state index in [0.29, 0.717) is 18.7 Å². The Hall–Kier alpha value is -1.89. The molecule has 1 heterocycles. The predicted octanol–water partition coefficient (Wildman–Crippen LogP) is 3.07. The summed E-state index contributed by atoms with van der Waals surface area (Å²) in [6.45, 7) is 6.72. The van der Waals surface area contributed by atoms with Gasteiger partial charge in [-0.3, -0.25) is 4.79 Å². The van der Waals surface area contributed by atoms with Gasteiger partial charge in [-0.15, -0.1) is 0 Å². The van der Waals surface area contributed by atoms with Gasteiger partial charge >= 0.3 is 6.09 Å². The number of hydrogen-bond donors (Lipinski definition) is 3. The van der Waals surface area contributed by atoms with Gasteiger partial charge in [0.25, 0.3) is 5.91 Å². The molecule has 1 aliphatic heterocycles. The van der Waals surface area contributed by atoms with Crippen LogP contribution in [0.15, 0.2) is 24.3 Å². The molecular weight excluding hydrogens is 326 g/mol. The Morgan fingerprint density at radius 3 is 2.50 bits per heavy atom. The van der Waals surface area contributed by atoms with E-state index < -0.39 is 5.60 Å². The van der Waals surface area contributed by atoms with E-state index in [9.17, 15) is 9.59 Å². The summed E-state index contributed by atoms with van der Waals surface area (Å²) in [7, 11) is 0. The summed E-state index contributed by atoms with van der Waals surface area (Å²) in [5.41, 5.74) is 0.864. The van der Waals surface area contributed by atoms with E-state index >= 15 is 0 Å². The summed E-state index contributed by atoms with van der Waals surface area (Å²) in [6.07, 6.45) is 1.14. The molecule has 132 valence electrons. The number of rotatable bonds is 3. The second-order valence-electron chi connectivity index (χ2n) is 6.91. The summed E-state index contributed by atoms with van der Waals surface area (Å²) < 4.78 is 8.09. The van der Waals surface area contributed by atoms with Gasteiger partial charge in [0.2, 0.25) is 0 Å². The Kier molecular flexibility index (Phi) is 5.99. The van der Waals surface area contributed by atoms with Crippen LogP contribution in [-0.2, 0) is 4.74 Å². The van der Waals surface area contributed by atoms with Crippen molar-refractivity contribution in [2.24, 2.45) is 0 Å². The van der Waals surface area contributed by atoms with E-state index in [1.54, 1.807) is 23.1 Å². The first kappa shape index (κ1) is 18.4. The molecule has 0 bridgehead atoms. The largest absolute Gasteiger partial charge is 0.444 e. The van der Waals surface area contributed by atoms with Gasteiger partial charge in [-0.1, -0.05) is 18.9 Å². The number of nitrogens with one attached hydrogen (secondary N) is 2. The molecule has 2 amide bonds. The molecular formula is C17H25N3O3S. The maximum atomic E-state index is 12.3. The minimum absolute atomic E-state index is 0.0591. The zero-order valence-electron chi connectivity index (χ0n) is 14.3. The number of benzene rings is 1. The quantitative estimate of drug-likeness (QED) is 0.732. The first-order valence-electron chi connectivity index (χ1n) is 8.07. The van der Waals surface area contributed by atoms with E-state index in [1.165, 1.54) is 0 Å². The van der Waals surface area contributed by atoms with Gasteiger partial charge in [0.1, 0.15) is 5.60 Å². The van der Waals surface area contributed by atoms with Crippen molar-refractivity contribution in [3.05, 3.63) is 29.8 Å². The molecule has 24 heavy (non-hydrogen) atoms. The molecule has 0 atom stereocenters. The number of hydrogen-bond acceptors (Lipinski definition) is 5. The van der Waals surface area contributed by atoms with Gasteiger partial charge in [0.15, 0.2) is 0 Å². The third-order valence-electron chi connectivity index (χ3n) is 3.74. The molecule has 0 saturated carbocycles. The molecule has 6 nitrogen and oxygen atoms in total. The van der Waals surface area contributed by atoms with Crippen molar-refractivity contribution in [1.29, 1.82) is 0 Å². The molecule has 2 rings (SSSR count). The number of amides is 2. The lowest BCUT2D eigenvalue weighted by atomic mass is 10.0. The molecule has 1 fully saturated rings. The molecule has 1 saturated heterocycles. The summed E-state index contributed by atoms with van der Waals surface area (Å²) >= 11 is 3.98. The molecule has 0 spiro atoms. The van der Waals surface area contributed by atoms with Gasteiger partial charge < -0.3 is 19.7 Å². The monoisotopic (exact) mass is 351 g/mol. The fraction of sp³-hybridized carbons (Fsp3) is 0.529. The summed E-state index contributed by atoms with van der Waals surface area (Å²) in [6, 6.07) is 7.21. The molecule has 1 aliphatic rings. The molecule has 0 aliphatic carbocycles. The smallest absolute Gasteiger partial charge is 0.410 e. The highest BCUT2D eigenvalue weighted by Gasteiger charge is 2.27. The minimum Gasteiger partial charge on any atom is -0.444 e. The number of piperidine rings is 1. The van der Waals surface area contributed by atoms with Crippen LogP contribution in [0.25, 0.3) is 0 Å². The van der Waals surface area contributed by atoms with Crippen LogP contribution in [0.5, 0.6) is 0 Å². The van der Waals surface area contributed by atoms with Crippen molar-refractivity contribution in [3.63, 3.8) is 0 Å². The number of thiol groups is 1. The Morgan fingerprint density at radius 1 is 1.25 bits per heavy atom. The highest BCUT2D eigenvalue weighted by molar-refractivity contribution is 7.81. The van der Waals surface area contributed by atoms with Crippen LogP contribution in [0.1, 0.15) is 44.0 Å². The maximum absolute atomic E-state index is 12.3. The second kappa shape index (κ2) is 7.79. The first-order chi connectivity index (χ1) is 11.3. The zero-order valence-corrected chi connectivity index (χ0v) is 15.2.